The molecule has 0 aliphatic rings. The first kappa shape index (κ1) is 18.8. The summed E-state index contributed by atoms with van der Waals surface area (Å²) < 4.78 is 26.5. The van der Waals surface area contributed by atoms with Gasteiger partial charge in [0.2, 0.25) is 11.6 Å². The van der Waals surface area contributed by atoms with Gasteiger partial charge in [-0.25, -0.2) is 18.7 Å². The van der Waals surface area contributed by atoms with E-state index in [1.165, 1.54) is 19.1 Å². The van der Waals surface area contributed by atoms with Crippen LogP contribution in [-0.4, -0.2) is 20.7 Å². The summed E-state index contributed by atoms with van der Waals surface area (Å²) in [5.41, 5.74) is 0.404. The third kappa shape index (κ3) is 4.06. The maximum atomic E-state index is 13.4. The lowest BCUT2D eigenvalue weighted by atomic mass is 10.1. The van der Waals surface area contributed by atoms with Crippen molar-refractivity contribution in [2.75, 3.05) is 10.6 Å². The fourth-order valence-corrected chi connectivity index (χ4v) is 2.40. The van der Waals surface area contributed by atoms with Crippen molar-refractivity contribution in [3.05, 3.63) is 76.1 Å². The molecule has 0 atom stereocenters. The number of hydrogen-bond acceptors (Lipinski definition) is 7. The minimum atomic E-state index is -1.11. The number of carbonyl (C=O) groups excluding carboxylic acids is 1. The Labute approximate surface area is 157 Å². The number of hydrogen-bond donors (Lipinski definition) is 2. The molecule has 1 aromatic heterocycles. The second kappa shape index (κ2) is 7.74. The van der Waals surface area contributed by atoms with Crippen LogP contribution in [0.25, 0.3) is 0 Å². The van der Waals surface area contributed by atoms with Crippen molar-refractivity contribution < 1.29 is 18.5 Å². The van der Waals surface area contributed by atoms with Gasteiger partial charge in [-0.1, -0.05) is 12.1 Å². The highest BCUT2D eigenvalue weighted by Gasteiger charge is 2.23. The van der Waals surface area contributed by atoms with Crippen LogP contribution in [0.5, 0.6) is 0 Å². The SMILES string of the molecule is CC(=O)c1cccc(Nc2ncnc(Nc3ccc(F)c(F)c3)c2[N+](=O)[O-])c1. The molecule has 142 valence electrons. The first-order valence-corrected chi connectivity index (χ1v) is 7.94. The van der Waals surface area contributed by atoms with Crippen molar-refractivity contribution in [2.45, 2.75) is 6.92 Å². The fourth-order valence-electron chi connectivity index (χ4n) is 2.40. The molecule has 0 saturated heterocycles. The van der Waals surface area contributed by atoms with Crippen molar-refractivity contribution in [2.24, 2.45) is 0 Å². The number of anilines is 4. The number of halogens is 2. The van der Waals surface area contributed by atoms with E-state index in [-0.39, 0.29) is 23.1 Å². The molecule has 2 aromatic carbocycles. The Morgan fingerprint density at radius 1 is 1.00 bits per heavy atom. The maximum absolute atomic E-state index is 13.4. The van der Waals surface area contributed by atoms with E-state index in [0.717, 1.165) is 18.5 Å². The van der Waals surface area contributed by atoms with E-state index < -0.39 is 22.2 Å². The Morgan fingerprint density at radius 3 is 2.21 bits per heavy atom. The zero-order valence-corrected chi connectivity index (χ0v) is 14.4. The Balaban J connectivity index is 1.97. The number of rotatable bonds is 6. The third-order valence-corrected chi connectivity index (χ3v) is 3.72. The summed E-state index contributed by atoms with van der Waals surface area (Å²) in [6, 6.07) is 9.32. The van der Waals surface area contributed by atoms with Gasteiger partial charge >= 0.3 is 5.69 Å². The molecule has 2 N–H and O–H groups in total. The van der Waals surface area contributed by atoms with Gasteiger partial charge in [0.1, 0.15) is 6.33 Å². The summed E-state index contributed by atoms with van der Waals surface area (Å²) in [4.78, 5) is 30.1. The quantitative estimate of drug-likeness (QED) is 0.369. The van der Waals surface area contributed by atoms with Gasteiger partial charge in [0, 0.05) is 23.0 Å². The number of Topliss-reactive ketones (excluding diaryl/α,β-unsaturated/α-hetero) is 1. The van der Waals surface area contributed by atoms with Crippen LogP contribution in [0, 0.1) is 21.7 Å². The first-order chi connectivity index (χ1) is 13.3. The summed E-state index contributed by atoms with van der Waals surface area (Å²) >= 11 is 0. The average molecular weight is 385 g/mol. The predicted molar refractivity (Wildman–Crippen MR) is 98.1 cm³/mol. The average Bonchev–Trinajstić information content (AvgIpc) is 2.65. The van der Waals surface area contributed by atoms with Gasteiger partial charge in [-0.2, -0.15) is 0 Å². The summed E-state index contributed by atoms with van der Waals surface area (Å²) in [6.45, 7) is 1.40. The lowest BCUT2D eigenvalue weighted by Gasteiger charge is -2.11. The highest BCUT2D eigenvalue weighted by atomic mass is 19.2. The molecule has 1 heterocycles. The predicted octanol–water partition coefficient (Wildman–Crippen LogP) is 4.35. The number of aromatic nitrogens is 2. The van der Waals surface area contributed by atoms with Crippen LogP contribution in [0.3, 0.4) is 0 Å². The first-order valence-electron chi connectivity index (χ1n) is 7.94. The van der Waals surface area contributed by atoms with Gasteiger partial charge < -0.3 is 10.6 Å². The number of benzene rings is 2. The lowest BCUT2D eigenvalue weighted by Crippen LogP contribution is -2.06. The van der Waals surface area contributed by atoms with E-state index in [4.69, 9.17) is 0 Å². The van der Waals surface area contributed by atoms with Crippen LogP contribution in [0.4, 0.5) is 37.5 Å². The maximum Gasteiger partial charge on any atom is 0.353 e. The number of ketones is 1. The number of carbonyl (C=O) groups is 1. The Bertz CT molecular complexity index is 1070. The molecule has 0 saturated carbocycles. The summed E-state index contributed by atoms with van der Waals surface area (Å²) in [7, 11) is 0. The molecule has 8 nitrogen and oxygen atoms in total. The van der Waals surface area contributed by atoms with Crippen LogP contribution >= 0.6 is 0 Å². The minimum Gasteiger partial charge on any atom is -0.334 e. The van der Waals surface area contributed by atoms with Crippen molar-refractivity contribution >= 4 is 34.5 Å². The van der Waals surface area contributed by atoms with Crippen LogP contribution < -0.4 is 10.6 Å². The Kier molecular flexibility index (Phi) is 5.21. The van der Waals surface area contributed by atoms with E-state index >= 15 is 0 Å². The minimum absolute atomic E-state index is 0.0743. The highest BCUT2D eigenvalue weighted by molar-refractivity contribution is 5.95. The van der Waals surface area contributed by atoms with Gasteiger partial charge in [-0.05, 0) is 31.2 Å². The lowest BCUT2D eigenvalue weighted by molar-refractivity contribution is -0.383. The largest absolute Gasteiger partial charge is 0.353 e. The molecule has 0 spiro atoms. The topological polar surface area (TPSA) is 110 Å². The Morgan fingerprint density at radius 2 is 1.64 bits per heavy atom. The second-order valence-electron chi connectivity index (χ2n) is 5.69. The number of nitro groups is 1. The monoisotopic (exact) mass is 385 g/mol. The van der Waals surface area contributed by atoms with E-state index in [2.05, 4.69) is 20.6 Å². The molecule has 0 fully saturated rings. The molecule has 3 rings (SSSR count). The van der Waals surface area contributed by atoms with Crippen molar-refractivity contribution in [3.63, 3.8) is 0 Å². The second-order valence-corrected chi connectivity index (χ2v) is 5.69. The van der Waals surface area contributed by atoms with E-state index in [0.29, 0.717) is 11.3 Å². The molecule has 10 heteroatoms. The molecular formula is C18H13F2N5O3. The van der Waals surface area contributed by atoms with E-state index in [1.54, 1.807) is 18.2 Å². The normalized spacial score (nSPS) is 10.4. The summed E-state index contributed by atoms with van der Waals surface area (Å²) in [5, 5.41) is 16.9. The zero-order chi connectivity index (χ0) is 20.3. The van der Waals surface area contributed by atoms with E-state index in [1.807, 2.05) is 0 Å². The van der Waals surface area contributed by atoms with Crippen LogP contribution in [0.15, 0.2) is 48.8 Å². The standard InChI is InChI=1S/C18H13F2N5O3/c1-10(26)11-3-2-4-12(7-11)23-17-16(25(27)28)18(22-9-21-17)24-13-5-6-14(19)15(20)8-13/h2-9H,1H3,(H2,21,22,23,24). The fraction of sp³-hybridized carbons (Fsp3) is 0.0556. The summed E-state index contributed by atoms with van der Waals surface area (Å²) in [6.07, 6.45) is 1.08. The van der Waals surface area contributed by atoms with Crippen molar-refractivity contribution in [1.29, 1.82) is 0 Å². The van der Waals surface area contributed by atoms with Gasteiger partial charge in [0.25, 0.3) is 0 Å². The molecule has 28 heavy (non-hydrogen) atoms. The van der Waals surface area contributed by atoms with E-state index in [9.17, 15) is 23.7 Å². The Hall–Kier alpha value is -3.95. The summed E-state index contributed by atoms with van der Waals surface area (Å²) in [5.74, 6) is -2.67. The molecule has 3 aromatic rings. The molecule has 0 amide bonds. The van der Waals surface area contributed by atoms with Gasteiger partial charge in [-0.3, -0.25) is 14.9 Å². The zero-order valence-electron chi connectivity index (χ0n) is 14.4. The molecule has 0 aliphatic heterocycles. The molecular weight excluding hydrogens is 372 g/mol. The van der Waals surface area contributed by atoms with Crippen LogP contribution in [-0.2, 0) is 0 Å². The highest BCUT2D eigenvalue weighted by Crippen LogP contribution is 2.33. The van der Waals surface area contributed by atoms with Gasteiger partial charge in [-0.15, -0.1) is 0 Å². The van der Waals surface area contributed by atoms with Gasteiger partial charge in [0.15, 0.2) is 17.4 Å². The number of nitrogens with zero attached hydrogens (tertiary/aromatic N) is 3. The van der Waals surface area contributed by atoms with Crippen LogP contribution in [0.2, 0.25) is 0 Å². The van der Waals surface area contributed by atoms with Crippen molar-refractivity contribution in [3.8, 4) is 0 Å². The third-order valence-electron chi connectivity index (χ3n) is 3.72. The molecule has 0 radical (unpaired) electrons. The molecule has 0 aliphatic carbocycles. The molecule has 0 unspecified atom stereocenters. The van der Waals surface area contributed by atoms with Crippen molar-refractivity contribution in [1.82, 2.24) is 9.97 Å². The van der Waals surface area contributed by atoms with Gasteiger partial charge in [0.05, 0.1) is 4.92 Å². The van der Waals surface area contributed by atoms with Crippen LogP contribution in [0.1, 0.15) is 17.3 Å². The number of nitrogens with one attached hydrogen (secondary N) is 2. The smallest absolute Gasteiger partial charge is 0.334 e. The molecule has 0 bridgehead atoms.